The summed E-state index contributed by atoms with van der Waals surface area (Å²) in [5.74, 6) is -0.472. The molecule has 1 heterocycles. The van der Waals surface area contributed by atoms with Crippen molar-refractivity contribution in [1.29, 1.82) is 0 Å². The lowest BCUT2D eigenvalue weighted by Crippen LogP contribution is -2.13. The zero-order valence-electron chi connectivity index (χ0n) is 9.73. The number of aromatic nitrogens is 1. The largest absolute Gasteiger partial charge is 0.464 e. The van der Waals surface area contributed by atoms with Crippen molar-refractivity contribution >= 4 is 17.7 Å². The summed E-state index contributed by atoms with van der Waals surface area (Å²) in [6.07, 6.45) is 2.44. The summed E-state index contributed by atoms with van der Waals surface area (Å²) >= 11 is 0. The van der Waals surface area contributed by atoms with Gasteiger partial charge in [-0.1, -0.05) is 12.7 Å². The molecule has 0 unspecified atom stereocenters. The minimum absolute atomic E-state index is 0.128. The predicted molar refractivity (Wildman–Crippen MR) is 61.9 cm³/mol. The van der Waals surface area contributed by atoms with Crippen LogP contribution in [0.3, 0.4) is 0 Å². The summed E-state index contributed by atoms with van der Waals surface area (Å²) in [7, 11) is 2.97. The highest BCUT2D eigenvalue weighted by Gasteiger charge is 2.13. The first-order valence-electron chi connectivity index (χ1n) is 4.87. The van der Waals surface area contributed by atoms with Crippen molar-refractivity contribution in [3.05, 3.63) is 30.6 Å². The van der Waals surface area contributed by atoms with E-state index >= 15 is 0 Å². The van der Waals surface area contributed by atoms with Gasteiger partial charge in [0.05, 0.1) is 12.8 Å². The Morgan fingerprint density at radius 2 is 2.29 bits per heavy atom. The third kappa shape index (κ3) is 3.37. The average Bonchev–Trinajstić information content (AvgIpc) is 2.66. The summed E-state index contributed by atoms with van der Waals surface area (Å²) in [6.45, 7) is 3.55. The lowest BCUT2D eigenvalue weighted by Gasteiger charge is -2.01. The van der Waals surface area contributed by atoms with Gasteiger partial charge >= 0.3 is 12.1 Å². The van der Waals surface area contributed by atoms with E-state index < -0.39 is 12.1 Å². The van der Waals surface area contributed by atoms with Gasteiger partial charge in [-0.05, 0) is 6.07 Å². The maximum atomic E-state index is 11.3. The number of hydrogen-bond acceptors (Lipinski definition) is 4. The van der Waals surface area contributed by atoms with Crippen molar-refractivity contribution in [2.45, 2.75) is 0 Å². The molecule has 1 aromatic heterocycles. The lowest BCUT2D eigenvalue weighted by atomic mass is 10.4. The highest BCUT2D eigenvalue weighted by molar-refractivity contribution is 5.91. The first-order valence-corrected chi connectivity index (χ1v) is 4.87. The maximum Gasteiger partial charge on any atom is 0.411 e. The quantitative estimate of drug-likeness (QED) is 0.638. The molecule has 0 saturated carbocycles. The lowest BCUT2D eigenvalue weighted by molar-refractivity contribution is 0.0590. The van der Waals surface area contributed by atoms with Crippen molar-refractivity contribution in [1.82, 2.24) is 4.57 Å². The Balaban J connectivity index is 2.70. The Morgan fingerprint density at radius 1 is 1.59 bits per heavy atom. The van der Waals surface area contributed by atoms with Crippen molar-refractivity contribution in [2.75, 3.05) is 19.0 Å². The van der Waals surface area contributed by atoms with Gasteiger partial charge in [-0.15, -0.1) is 0 Å². The molecule has 17 heavy (non-hydrogen) atoms. The van der Waals surface area contributed by atoms with Crippen LogP contribution in [0.15, 0.2) is 24.9 Å². The monoisotopic (exact) mass is 238 g/mol. The SMILES string of the molecule is C=CCOC(=O)Nc1cc(C(=O)OC)n(C)c1. The van der Waals surface area contributed by atoms with Crippen LogP contribution < -0.4 is 5.32 Å². The van der Waals surface area contributed by atoms with Gasteiger partial charge in [-0.25, -0.2) is 9.59 Å². The zero-order chi connectivity index (χ0) is 12.8. The van der Waals surface area contributed by atoms with Crippen LogP contribution in [-0.4, -0.2) is 30.3 Å². The molecule has 1 rings (SSSR count). The molecule has 0 fully saturated rings. The van der Waals surface area contributed by atoms with E-state index in [0.717, 1.165) is 0 Å². The molecule has 0 radical (unpaired) electrons. The van der Waals surface area contributed by atoms with Crippen LogP contribution >= 0.6 is 0 Å². The second-order valence-electron chi connectivity index (χ2n) is 3.23. The first kappa shape index (κ1) is 12.8. The molecule has 0 aromatic carbocycles. The number of carbonyl (C=O) groups excluding carboxylic acids is 2. The number of amides is 1. The Morgan fingerprint density at radius 3 is 2.88 bits per heavy atom. The summed E-state index contributed by atoms with van der Waals surface area (Å²) in [4.78, 5) is 22.5. The summed E-state index contributed by atoms with van der Waals surface area (Å²) in [5.41, 5.74) is 0.800. The number of nitrogens with zero attached hydrogens (tertiary/aromatic N) is 1. The van der Waals surface area contributed by atoms with Gasteiger partial charge in [0.2, 0.25) is 0 Å². The van der Waals surface area contributed by atoms with Crippen LogP contribution in [0, 0.1) is 0 Å². The second kappa shape index (κ2) is 5.74. The van der Waals surface area contributed by atoms with Crippen molar-refractivity contribution in [2.24, 2.45) is 7.05 Å². The minimum Gasteiger partial charge on any atom is -0.464 e. The van der Waals surface area contributed by atoms with Crippen LogP contribution in [-0.2, 0) is 16.5 Å². The molecule has 0 aliphatic carbocycles. The van der Waals surface area contributed by atoms with Gasteiger partial charge in [0.25, 0.3) is 0 Å². The number of hydrogen-bond donors (Lipinski definition) is 1. The van der Waals surface area contributed by atoms with E-state index in [1.165, 1.54) is 19.3 Å². The van der Waals surface area contributed by atoms with Gasteiger partial charge in [0.1, 0.15) is 12.3 Å². The zero-order valence-corrected chi connectivity index (χ0v) is 9.73. The highest BCUT2D eigenvalue weighted by Crippen LogP contribution is 2.13. The standard InChI is InChI=1S/C11H14N2O4/c1-4-5-17-11(15)12-8-6-9(10(14)16-3)13(2)7-8/h4,6-7H,1,5H2,2-3H3,(H,12,15). The normalized spacial score (nSPS) is 9.53. The van der Waals surface area contributed by atoms with E-state index in [1.54, 1.807) is 17.8 Å². The predicted octanol–water partition coefficient (Wildman–Crippen LogP) is 1.55. The number of nitrogens with one attached hydrogen (secondary N) is 1. The highest BCUT2D eigenvalue weighted by atomic mass is 16.5. The molecule has 1 aromatic rings. The summed E-state index contributed by atoms with van der Waals surface area (Å²) in [6, 6.07) is 1.50. The van der Waals surface area contributed by atoms with Crippen molar-refractivity contribution in [3.63, 3.8) is 0 Å². The van der Waals surface area contributed by atoms with E-state index in [1.807, 2.05) is 0 Å². The van der Waals surface area contributed by atoms with Gasteiger partial charge in [0.15, 0.2) is 0 Å². The fourth-order valence-corrected chi connectivity index (χ4v) is 1.23. The Bertz CT molecular complexity index is 437. The van der Waals surface area contributed by atoms with E-state index in [4.69, 9.17) is 4.74 Å². The Hall–Kier alpha value is -2.24. The number of methoxy groups -OCH3 is 1. The summed E-state index contributed by atoms with van der Waals surface area (Å²) < 4.78 is 10.9. The maximum absolute atomic E-state index is 11.3. The van der Waals surface area contributed by atoms with Gasteiger partial charge < -0.3 is 14.0 Å². The number of rotatable bonds is 4. The number of ether oxygens (including phenoxy) is 2. The molecule has 0 spiro atoms. The number of anilines is 1. The van der Waals surface area contributed by atoms with Crippen LogP contribution in [0.25, 0.3) is 0 Å². The Kier molecular flexibility index (Phi) is 4.33. The van der Waals surface area contributed by atoms with Crippen LogP contribution in [0.1, 0.15) is 10.5 Å². The molecule has 0 aliphatic rings. The molecule has 0 atom stereocenters. The first-order chi connectivity index (χ1) is 8.08. The second-order valence-corrected chi connectivity index (χ2v) is 3.23. The molecule has 0 aliphatic heterocycles. The third-order valence-electron chi connectivity index (χ3n) is 1.98. The smallest absolute Gasteiger partial charge is 0.411 e. The molecular formula is C11H14N2O4. The van der Waals surface area contributed by atoms with Crippen LogP contribution in [0.5, 0.6) is 0 Å². The number of aryl methyl sites for hydroxylation is 1. The van der Waals surface area contributed by atoms with Crippen LogP contribution in [0.2, 0.25) is 0 Å². The average molecular weight is 238 g/mol. The van der Waals surface area contributed by atoms with E-state index in [-0.39, 0.29) is 6.61 Å². The summed E-state index contributed by atoms with van der Waals surface area (Å²) in [5, 5.41) is 2.48. The Labute approximate surface area is 98.8 Å². The molecule has 92 valence electrons. The third-order valence-corrected chi connectivity index (χ3v) is 1.98. The fourth-order valence-electron chi connectivity index (χ4n) is 1.23. The van der Waals surface area contributed by atoms with Gasteiger partial charge in [0, 0.05) is 13.2 Å². The molecule has 1 amide bonds. The number of carbonyl (C=O) groups is 2. The van der Waals surface area contributed by atoms with Gasteiger partial charge in [-0.3, -0.25) is 5.32 Å². The molecule has 6 heteroatoms. The van der Waals surface area contributed by atoms with Crippen LogP contribution in [0.4, 0.5) is 10.5 Å². The van der Waals surface area contributed by atoms with Crippen molar-refractivity contribution in [3.8, 4) is 0 Å². The van der Waals surface area contributed by atoms with Gasteiger partial charge in [-0.2, -0.15) is 0 Å². The topological polar surface area (TPSA) is 69.6 Å². The van der Waals surface area contributed by atoms with E-state index in [0.29, 0.717) is 11.4 Å². The molecular weight excluding hydrogens is 224 g/mol. The van der Waals surface area contributed by atoms with Crippen molar-refractivity contribution < 1.29 is 19.1 Å². The molecule has 0 bridgehead atoms. The fraction of sp³-hybridized carbons (Fsp3) is 0.273. The molecule has 1 N–H and O–H groups in total. The minimum atomic E-state index is -0.605. The number of esters is 1. The van der Waals surface area contributed by atoms with E-state index in [2.05, 4.69) is 16.6 Å². The molecule has 6 nitrogen and oxygen atoms in total. The van der Waals surface area contributed by atoms with E-state index in [9.17, 15) is 9.59 Å². The molecule has 0 saturated heterocycles.